The summed E-state index contributed by atoms with van der Waals surface area (Å²) >= 11 is 11.9. The second kappa shape index (κ2) is 5.81. The molecule has 1 nitrogen and oxygen atoms in total. The van der Waals surface area contributed by atoms with Crippen LogP contribution in [0.1, 0.15) is 44.6 Å². The van der Waals surface area contributed by atoms with Crippen molar-refractivity contribution in [2.75, 3.05) is 0 Å². The van der Waals surface area contributed by atoms with Gasteiger partial charge in [-0.15, -0.1) is 0 Å². The minimum Gasteiger partial charge on any atom is -0.390 e. The van der Waals surface area contributed by atoms with Crippen LogP contribution in [-0.2, 0) is 6.42 Å². The molecule has 1 fully saturated rings. The summed E-state index contributed by atoms with van der Waals surface area (Å²) in [7, 11) is 0. The summed E-state index contributed by atoms with van der Waals surface area (Å²) in [4.78, 5) is 0. The van der Waals surface area contributed by atoms with Gasteiger partial charge in [0.25, 0.3) is 0 Å². The molecule has 0 amide bonds. The molecule has 1 aromatic carbocycles. The normalized spacial score (nSPS) is 28.3. The van der Waals surface area contributed by atoms with Crippen LogP contribution in [0.3, 0.4) is 0 Å². The lowest BCUT2D eigenvalue weighted by atomic mass is 9.75. The molecule has 0 radical (unpaired) electrons. The molecule has 0 spiro atoms. The largest absolute Gasteiger partial charge is 0.390 e. The van der Waals surface area contributed by atoms with Crippen LogP contribution in [0.5, 0.6) is 0 Å². The number of hydrogen-bond donors (Lipinski definition) is 1. The molecule has 3 heteroatoms. The van der Waals surface area contributed by atoms with E-state index in [9.17, 15) is 5.11 Å². The average molecular weight is 287 g/mol. The summed E-state index contributed by atoms with van der Waals surface area (Å²) in [5.41, 5.74) is 0.518. The van der Waals surface area contributed by atoms with Gasteiger partial charge in [0.15, 0.2) is 0 Å². The number of aliphatic hydroxyl groups is 1. The van der Waals surface area contributed by atoms with Crippen LogP contribution in [0.2, 0.25) is 10.0 Å². The maximum absolute atomic E-state index is 10.6. The van der Waals surface area contributed by atoms with Gasteiger partial charge in [-0.05, 0) is 49.3 Å². The molecule has 0 aliphatic heterocycles. The van der Waals surface area contributed by atoms with Crippen LogP contribution in [0.15, 0.2) is 18.2 Å². The van der Waals surface area contributed by atoms with Crippen molar-refractivity contribution in [3.63, 3.8) is 0 Å². The molecule has 1 aromatic rings. The first-order valence-corrected chi connectivity index (χ1v) is 7.44. The highest BCUT2D eigenvalue weighted by molar-refractivity contribution is 6.42. The summed E-state index contributed by atoms with van der Waals surface area (Å²) in [5.74, 6) is 0.791. The topological polar surface area (TPSA) is 20.2 Å². The Hall–Kier alpha value is -0.240. The molecular weight excluding hydrogens is 267 g/mol. The fraction of sp³-hybridized carbons (Fsp3) is 0.600. The Morgan fingerprint density at radius 1 is 1.22 bits per heavy atom. The maximum Gasteiger partial charge on any atom is 0.0688 e. The molecule has 2 rings (SSSR count). The molecular formula is C15H20Cl2O. The van der Waals surface area contributed by atoms with E-state index in [4.69, 9.17) is 23.2 Å². The molecule has 0 saturated heterocycles. The van der Waals surface area contributed by atoms with Crippen molar-refractivity contribution in [1.29, 1.82) is 0 Å². The average Bonchev–Trinajstić information content (AvgIpc) is 2.35. The highest BCUT2D eigenvalue weighted by Gasteiger charge is 2.32. The van der Waals surface area contributed by atoms with E-state index in [1.807, 2.05) is 12.1 Å². The van der Waals surface area contributed by atoms with E-state index in [0.717, 1.165) is 37.2 Å². The molecule has 0 bridgehead atoms. The van der Waals surface area contributed by atoms with E-state index in [2.05, 4.69) is 6.92 Å². The molecule has 1 aliphatic carbocycles. The van der Waals surface area contributed by atoms with Crippen molar-refractivity contribution in [1.82, 2.24) is 0 Å². The number of hydrogen-bond acceptors (Lipinski definition) is 1. The van der Waals surface area contributed by atoms with Gasteiger partial charge in [0.1, 0.15) is 0 Å². The third-order valence-electron chi connectivity index (χ3n) is 4.13. The zero-order valence-corrected chi connectivity index (χ0v) is 12.3. The van der Waals surface area contributed by atoms with Crippen molar-refractivity contribution in [2.45, 2.75) is 51.0 Å². The molecule has 0 heterocycles. The van der Waals surface area contributed by atoms with Crippen molar-refractivity contribution in [3.8, 4) is 0 Å². The number of benzene rings is 1. The van der Waals surface area contributed by atoms with Crippen LogP contribution < -0.4 is 0 Å². The van der Waals surface area contributed by atoms with Gasteiger partial charge in [-0.1, -0.05) is 42.6 Å². The minimum atomic E-state index is -0.553. The number of rotatable bonds is 3. The van der Waals surface area contributed by atoms with Crippen molar-refractivity contribution >= 4 is 23.2 Å². The lowest BCUT2D eigenvalue weighted by Gasteiger charge is -2.36. The van der Waals surface area contributed by atoms with E-state index in [-0.39, 0.29) is 0 Å². The Bertz CT molecular complexity index is 409. The third-order valence-corrected chi connectivity index (χ3v) is 4.87. The van der Waals surface area contributed by atoms with E-state index < -0.39 is 5.60 Å². The summed E-state index contributed by atoms with van der Waals surface area (Å²) < 4.78 is 0. The van der Waals surface area contributed by atoms with Crippen molar-refractivity contribution in [2.24, 2.45) is 5.92 Å². The van der Waals surface area contributed by atoms with E-state index in [1.54, 1.807) is 6.07 Å². The zero-order valence-electron chi connectivity index (χ0n) is 10.8. The number of halogens is 2. The summed E-state index contributed by atoms with van der Waals surface area (Å²) in [6, 6.07) is 5.63. The Morgan fingerprint density at radius 3 is 2.44 bits per heavy atom. The van der Waals surface area contributed by atoms with Gasteiger partial charge in [0.05, 0.1) is 15.6 Å². The molecule has 100 valence electrons. The van der Waals surface area contributed by atoms with Gasteiger partial charge in [0.2, 0.25) is 0 Å². The highest BCUT2D eigenvalue weighted by atomic mass is 35.5. The van der Waals surface area contributed by atoms with Gasteiger partial charge in [-0.2, -0.15) is 0 Å². The second-order valence-corrected chi connectivity index (χ2v) is 6.32. The molecule has 0 aromatic heterocycles. The Kier molecular flexibility index (Phi) is 4.58. The quantitative estimate of drug-likeness (QED) is 0.841. The van der Waals surface area contributed by atoms with Crippen LogP contribution in [0, 0.1) is 5.92 Å². The monoisotopic (exact) mass is 286 g/mol. The predicted molar refractivity (Wildman–Crippen MR) is 77.4 cm³/mol. The predicted octanol–water partition coefficient (Wildman–Crippen LogP) is 4.87. The Labute approximate surface area is 119 Å². The Morgan fingerprint density at radius 2 is 1.89 bits per heavy atom. The van der Waals surface area contributed by atoms with Crippen LogP contribution in [-0.4, -0.2) is 10.7 Å². The van der Waals surface area contributed by atoms with Crippen molar-refractivity contribution in [3.05, 3.63) is 33.8 Å². The van der Waals surface area contributed by atoms with Crippen LogP contribution in [0.4, 0.5) is 0 Å². The van der Waals surface area contributed by atoms with E-state index in [0.29, 0.717) is 16.5 Å². The van der Waals surface area contributed by atoms with E-state index in [1.165, 1.54) is 6.42 Å². The fourth-order valence-electron chi connectivity index (χ4n) is 2.83. The first kappa shape index (κ1) is 14.2. The zero-order chi connectivity index (χ0) is 13.2. The SMILES string of the molecule is CCC1CCC(O)(Cc2ccc(Cl)c(Cl)c2)CC1. The first-order valence-electron chi connectivity index (χ1n) is 6.69. The van der Waals surface area contributed by atoms with Gasteiger partial charge in [-0.25, -0.2) is 0 Å². The summed E-state index contributed by atoms with van der Waals surface area (Å²) in [6.45, 7) is 2.23. The fourth-order valence-corrected chi connectivity index (χ4v) is 3.15. The molecule has 18 heavy (non-hydrogen) atoms. The van der Waals surface area contributed by atoms with Crippen LogP contribution >= 0.6 is 23.2 Å². The van der Waals surface area contributed by atoms with Crippen molar-refractivity contribution < 1.29 is 5.11 Å². The maximum atomic E-state index is 10.6. The lowest BCUT2D eigenvalue weighted by Crippen LogP contribution is -2.36. The molecule has 0 atom stereocenters. The summed E-state index contributed by atoms with van der Waals surface area (Å²) in [5, 5.41) is 11.8. The second-order valence-electron chi connectivity index (χ2n) is 5.50. The highest BCUT2D eigenvalue weighted by Crippen LogP contribution is 2.36. The standard InChI is InChI=1S/C15H20Cl2O/c1-2-11-5-7-15(18,8-6-11)10-12-3-4-13(16)14(17)9-12/h3-4,9,11,18H,2,5-8,10H2,1H3. The van der Waals surface area contributed by atoms with Gasteiger partial charge in [-0.3, -0.25) is 0 Å². The smallest absolute Gasteiger partial charge is 0.0688 e. The van der Waals surface area contributed by atoms with Crippen LogP contribution in [0.25, 0.3) is 0 Å². The molecule has 1 aliphatic rings. The van der Waals surface area contributed by atoms with E-state index >= 15 is 0 Å². The third kappa shape index (κ3) is 3.40. The van der Waals surface area contributed by atoms with Gasteiger partial charge < -0.3 is 5.11 Å². The molecule has 1 saturated carbocycles. The first-order chi connectivity index (χ1) is 8.52. The molecule has 1 N–H and O–H groups in total. The molecule has 0 unspecified atom stereocenters. The van der Waals surface area contributed by atoms with Gasteiger partial charge >= 0.3 is 0 Å². The lowest BCUT2D eigenvalue weighted by molar-refractivity contribution is -0.00921. The Balaban J connectivity index is 2.02. The minimum absolute atomic E-state index is 0.553. The van der Waals surface area contributed by atoms with Gasteiger partial charge in [0, 0.05) is 6.42 Å². The summed E-state index contributed by atoms with van der Waals surface area (Å²) in [6.07, 6.45) is 5.96.